The van der Waals surface area contributed by atoms with Crippen LogP contribution in [0, 0.1) is 17.8 Å². The monoisotopic (exact) mass is 445 g/mol. The normalized spacial score (nSPS) is 22.5. The zero-order valence-corrected chi connectivity index (χ0v) is 19.3. The number of benzene rings is 1. The zero-order valence-electron chi connectivity index (χ0n) is 19.3. The van der Waals surface area contributed by atoms with E-state index >= 15 is 0 Å². The number of piperidine rings is 1. The number of carbonyl (C=O) groups excluding carboxylic acids is 2. The van der Waals surface area contributed by atoms with Crippen LogP contribution in [0.5, 0.6) is 0 Å². The highest BCUT2D eigenvalue weighted by molar-refractivity contribution is 5.85. The Morgan fingerprint density at radius 3 is 2.28 bits per heavy atom. The van der Waals surface area contributed by atoms with E-state index in [0.29, 0.717) is 39.3 Å². The van der Waals surface area contributed by atoms with Gasteiger partial charge in [0, 0.05) is 39.3 Å². The van der Waals surface area contributed by atoms with E-state index in [4.69, 9.17) is 4.74 Å². The van der Waals surface area contributed by atoms with E-state index in [0.717, 1.165) is 18.4 Å². The van der Waals surface area contributed by atoms with Gasteiger partial charge >= 0.3 is 12.1 Å². The lowest BCUT2D eigenvalue weighted by atomic mass is 9.94. The predicted octanol–water partition coefficient (Wildman–Crippen LogP) is 2.58. The fourth-order valence-electron chi connectivity index (χ4n) is 4.39. The van der Waals surface area contributed by atoms with Crippen LogP contribution in [0.15, 0.2) is 30.3 Å². The van der Waals surface area contributed by atoms with Gasteiger partial charge < -0.3 is 20.1 Å². The number of carboxylic acids is 1. The molecule has 8 heteroatoms. The summed E-state index contributed by atoms with van der Waals surface area (Å²) in [6.07, 6.45) is 1.27. The molecular weight excluding hydrogens is 410 g/mol. The minimum Gasteiger partial charge on any atom is -0.481 e. The summed E-state index contributed by atoms with van der Waals surface area (Å²) in [5.74, 6) is -2.11. The van der Waals surface area contributed by atoms with Crippen molar-refractivity contribution in [2.24, 2.45) is 17.8 Å². The molecule has 0 radical (unpaired) electrons. The average Bonchev–Trinajstić information content (AvgIpc) is 3.16. The van der Waals surface area contributed by atoms with Crippen LogP contribution in [0.2, 0.25) is 0 Å². The molecule has 0 aromatic heterocycles. The van der Waals surface area contributed by atoms with Crippen molar-refractivity contribution < 1.29 is 24.2 Å². The predicted molar refractivity (Wildman–Crippen MR) is 120 cm³/mol. The molecule has 3 rings (SSSR count). The summed E-state index contributed by atoms with van der Waals surface area (Å²) in [7, 11) is 0. The lowest BCUT2D eigenvalue weighted by Gasteiger charge is -2.33. The molecule has 2 N–H and O–H groups in total. The largest absolute Gasteiger partial charge is 0.481 e. The van der Waals surface area contributed by atoms with Gasteiger partial charge in [-0.2, -0.15) is 0 Å². The number of rotatable bonds is 6. The molecule has 2 atom stereocenters. The molecule has 2 amide bonds. The Bertz CT molecular complexity index is 800. The summed E-state index contributed by atoms with van der Waals surface area (Å²) < 4.78 is 5.42. The summed E-state index contributed by atoms with van der Waals surface area (Å²) in [4.78, 5) is 40.6. The van der Waals surface area contributed by atoms with E-state index in [1.165, 1.54) is 0 Å². The number of amides is 2. The number of aliphatic carboxylic acids is 1. The summed E-state index contributed by atoms with van der Waals surface area (Å²) in [5.41, 5.74) is 0.590. The molecule has 0 spiro atoms. The number of carboxylic acid groups (broad SMARTS) is 1. The first-order valence-electron chi connectivity index (χ1n) is 11.4. The Morgan fingerprint density at radius 1 is 1.06 bits per heavy atom. The summed E-state index contributed by atoms with van der Waals surface area (Å²) in [6.45, 7) is 8.69. The molecule has 1 aromatic carbocycles. The van der Waals surface area contributed by atoms with Crippen molar-refractivity contribution in [2.75, 3.05) is 32.7 Å². The van der Waals surface area contributed by atoms with Gasteiger partial charge in [-0.3, -0.25) is 14.5 Å². The van der Waals surface area contributed by atoms with Crippen molar-refractivity contribution >= 4 is 18.0 Å². The van der Waals surface area contributed by atoms with Gasteiger partial charge in [0.1, 0.15) is 5.60 Å². The molecule has 0 aliphatic carbocycles. The second-order valence-corrected chi connectivity index (χ2v) is 9.89. The Balaban J connectivity index is 1.46. The van der Waals surface area contributed by atoms with E-state index < -0.39 is 23.4 Å². The average molecular weight is 446 g/mol. The van der Waals surface area contributed by atoms with Gasteiger partial charge in [0.15, 0.2) is 0 Å². The first-order valence-corrected chi connectivity index (χ1v) is 11.4. The van der Waals surface area contributed by atoms with Gasteiger partial charge in [0.2, 0.25) is 5.91 Å². The second kappa shape index (κ2) is 10.3. The fourth-order valence-corrected chi connectivity index (χ4v) is 4.39. The lowest BCUT2D eigenvalue weighted by Crippen LogP contribution is -2.45. The fraction of sp³-hybridized carbons (Fsp3) is 0.625. The summed E-state index contributed by atoms with van der Waals surface area (Å²) in [5, 5.41) is 12.6. The van der Waals surface area contributed by atoms with E-state index in [-0.39, 0.29) is 17.9 Å². The standard InChI is InChI=1S/C24H35N3O5/c1-24(2,3)32-23(31)27-11-9-17(10-12-27)13-25-21(28)19-15-26(16-20(19)22(29)30)14-18-7-5-4-6-8-18/h4-8,17,19-20H,9-16H2,1-3H3,(H,25,28)(H,29,30). The van der Waals surface area contributed by atoms with Crippen LogP contribution in [-0.4, -0.2) is 71.2 Å². The molecule has 2 saturated heterocycles. The molecule has 2 fully saturated rings. The Labute approximate surface area is 189 Å². The van der Waals surface area contributed by atoms with Crippen LogP contribution in [0.4, 0.5) is 4.79 Å². The zero-order chi connectivity index (χ0) is 23.3. The summed E-state index contributed by atoms with van der Waals surface area (Å²) >= 11 is 0. The van der Waals surface area contributed by atoms with E-state index in [9.17, 15) is 19.5 Å². The molecule has 2 aliphatic heterocycles. The maximum atomic E-state index is 12.8. The van der Waals surface area contributed by atoms with Gasteiger partial charge in [0.25, 0.3) is 0 Å². The molecule has 2 aliphatic rings. The van der Waals surface area contributed by atoms with Crippen molar-refractivity contribution in [3.05, 3.63) is 35.9 Å². The number of nitrogens with one attached hydrogen (secondary N) is 1. The van der Waals surface area contributed by atoms with Gasteiger partial charge in [-0.25, -0.2) is 4.79 Å². The van der Waals surface area contributed by atoms with Crippen molar-refractivity contribution in [3.8, 4) is 0 Å². The minimum absolute atomic E-state index is 0.192. The van der Waals surface area contributed by atoms with Crippen molar-refractivity contribution in [3.63, 3.8) is 0 Å². The van der Waals surface area contributed by atoms with E-state index in [2.05, 4.69) is 5.32 Å². The number of hydrogen-bond acceptors (Lipinski definition) is 5. The molecule has 2 heterocycles. The van der Waals surface area contributed by atoms with Crippen molar-refractivity contribution in [1.29, 1.82) is 0 Å². The number of carbonyl (C=O) groups is 3. The molecule has 32 heavy (non-hydrogen) atoms. The number of nitrogens with zero attached hydrogens (tertiary/aromatic N) is 2. The van der Waals surface area contributed by atoms with Gasteiger partial charge in [-0.15, -0.1) is 0 Å². The second-order valence-electron chi connectivity index (χ2n) is 9.89. The van der Waals surface area contributed by atoms with Crippen LogP contribution in [0.1, 0.15) is 39.2 Å². The highest BCUT2D eigenvalue weighted by atomic mass is 16.6. The van der Waals surface area contributed by atoms with Crippen LogP contribution in [0.3, 0.4) is 0 Å². The molecule has 2 unspecified atom stereocenters. The third kappa shape index (κ3) is 6.69. The lowest BCUT2D eigenvalue weighted by molar-refractivity contribution is -0.145. The van der Waals surface area contributed by atoms with Crippen LogP contribution in [-0.2, 0) is 20.9 Å². The third-order valence-electron chi connectivity index (χ3n) is 6.13. The molecule has 0 saturated carbocycles. The Morgan fingerprint density at radius 2 is 1.69 bits per heavy atom. The topological polar surface area (TPSA) is 99.2 Å². The van der Waals surface area contributed by atoms with E-state index in [1.54, 1.807) is 4.90 Å². The van der Waals surface area contributed by atoms with E-state index in [1.807, 2.05) is 56.0 Å². The summed E-state index contributed by atoms with van der Waals surface area (Å²) in [6, 6.07) is 9.87. The Hall–Kier alpha value is -2.61. The molecule has 176 valence electrons. The number of likely N-dealkylation sites (tertiary alicyclic amines) is 2. The van der Waals surface area contributed by atoms with Crippen molar-refractivity contribution in [1.82, 2.24) is 15.1 Å². The Kier molecular flexibility index (Phi) is 7.77. The quantitative estimate of drug-likeness (QED) is 0.698. The number of ether oxygens (including phenoxy) is 1. The molecular formula is C24H35N3O5. The highest BCUT2D eigenvalue weighted by Crippen LogP contribution is 2.26. The van der Waals surface area contributed by atoms with Gasteiger partial charge in [-0.1, -0.05) is 30.3 Å². The molecule has 8 nitrogen and oxygen atoms in total. The molecule has 1 aromatic rings. The number of hydrogen-bond donors (Lipinski definition) is 2. The molecule has 0 bridgehead atoms. The van der Waals surface area contributed by atoms with Crippen LogP contribution in [0.25, 0.3) is 0 Å². The maximum Gasteiger partial charge on any atom is 0.410 e. The first kappa shape index (κ1) is 24.0. The van der Waals surface area contributed by atoms with Gasteiger partial charge in [-0.05, 0) is 45.1 Å². The first-order chi connectivity index (χ1) is 15.1. The minimum atomic E-state index is -0.925. The SMILES string of the molecule is CC(C)(C)OC(=O)N1CCC(CNC(=O)C2CN(Cc3ccccc3)CC2C(=O)O)CC1. The van der Waals surface area contributed by atoms with Crippen molar-refractivity contribution in [2.45, 2.75) is 45.8 Å². The highest BCUT2D eigenvalue weighted by Gasteiger charge is 2.42. The van der Waals surface area contributed by atoms with Crippen LogP contribution >= 0.6 is 0 Å². The van der Waals surface area contributed by atoms with Crippen LogP contribution < -0.4 is 5.32 Å². The van der Waals surface area contributed by atoms with Gasteiger partial charge in [0.05, 0.1) is 11.8 Å². The maximum absolute atomic E-state index is 12.8. The smallest absolute Gasteiger partial charge is 0.410 e. The third-order valence-corrected chi connectivity index (χ3v) is 6.13.